The summed E-state index contributed by atoms with van der Waals surface area (Å²) in [5, 5.41) is 0. The highest BCUT2D eigenvalue weighted by Gasteiger charge is 2.36. The van der Waals surface area contributed by atoms with E-state index in [1.807, 2.05) is 31.2 Å². The molecule has 0 spiro atoms. The van der Waals surface area contributed by atoms with Crippen LogP contribution in [0.15, 0.2) is 67.3 Å². The summed E-state index contributed by atoms with van der Waals surface area (Å²) in [5.74, 6) is 2.62. The van der Waals surface area contributed by atoms with Gasteiger partial charge in [-0.05, 0) is 118 Å². The lowest BCUT2D eigenvalue weighted by molar-refractivity contribution is 0.0729. The number of benzene rings is 2. The predicted molar refractivity (Wildman–Crippen MR) is 138 cm³/mol. The molecular formula is C31H37FO3. The van der Waals surface area contributed by atoms with Crippen molar-refractivity contribution < 1.29 is 18.7 Å². The first-order valence-electron chi connectivity index (χ1n) is 13.0. The topological polar surface area (TPSA) is 35.5 Å². The van der Waals surface area contributed by atoms with Gasteiger partial charge in [0.1, 0.15) is 23.9 Å². The van der Waals surface area contributed by atoms with Crippen LogP contribution in [0.3, 0.4) is 0 Å². The molecule has 0 saturated heterocycles. The maximum Gasteiger partial charge on any atom is 0.346 e. The Labute approximate surface area is 209 Å². The number of hydrogen-bond donors (Lipinski definition) is 0. The number of rotatable bonds is 9. The largest absolute Gasteiger partial charge is 0.490 e. The average Bonchev–Trinajstić information content (AvgIpc) is 2.88. The third-order valence-electron chi connectivity index (χ3n) is 7.80. The Bertz CT molecular complexity index is 1030. The van der Waals surface area contributed by atoms with Crippen LogP contribution in [-0.4, -0.2) is 12.6 Å². The van der Waals surface area contributed by atoms with E-state index >= 15 is 0 Å². The van der Waals surface area contributed by atoms with Gasteiger partial charge in [0, 0.05) is 0 Å². The van der Waals surface area contributed by atoms with Crippen molar-refractivity contribution in [3.8, 4) is 11.5 Å². The molecule has 2 saturated carbocycles. The molecule has 35 heavy (non-hydrogen) atoms. The molecule has 0 amide bonds. The highest BCUT2D eigenvalue weighted by molar-refractivity contribution is 5.91. The molecule has 3 nitrogen and oxygen atoms in total. The molecule has 0 aliphatic heterocycles. The molecule has 186 valence electrons. The zero-order valence-corrected chi connectivity index (χ0v) is 20.8. The van der Waals surface area contributed by atoms with Gasteiger partial charge in [0.15, 0.2) is 0 Å². The van der Waals surface area contributed by atoms with E-state index in [0.717, 1.165) is 42.6 Å². The van der Waals surface area contributed by atoms with Crippen LogP contribution in [0.25, 0.3) is 0 Å². The molecule has 2 aromatic rings. The van der Waals surface area contributed by atoms with E-state index < -0.39 is 11.8 Å². The molecule has 0 N–H and O–H groups in total. The molecule has 4 rings (SSSR count). The fraction of sp³-hybridized carbons (Fsp3) is 0.452. The van der Waals surface area contributed by atoms with Crippen molar-refractivity contribution in [2.75, 3.05) is 6.61 Å². The first-order chi connectivity index (χ1) is 17.1. The van der Waals surface area contributed by atoms with Gasteiger partial charge in [-0.1, -0.05) is 30.7 Å². The van der Waals surface area contributed by atoms with Crippen molar-refractivity contribution in [3.05, 3.63) is 84.2 Å². The molecule has 2 aliphatic rings. The summed E-state index contributed by atoms with van der Waals surface area (Å²) in [6.07, 6.45) is 15.6. The number of hydrogen-bond acceptors (Lipinski definition) is 3. The van der Waals surface area contributed by atoms with Crippen molar-refractivity contribution in [3.63, 3.8) is 0 Å². The Kier molecular flexibility index (Phi) is 8.79. The highest BCUT2D eigenvalue weighted by atomic mass is 19.1. The van der Waals surface area contributed by atoms with E-state index in [4.69, 9.17) is 9.47 Å². The number of ether oxygens (including phenoxy) is 2. The van der Waals surface area contributed by atoms with E-state index in [1.54, 1.807) is 36.4 Å². The Morgan fingerprint density at radius 2 is 1.77 bits per heavy atom. The molecule has 0 heterocycles. The van der Waals surface area contributed by atoms with Crippen LogP contribution < -0.4 is 9.47 Å². The SMILES string of the molecule is C=CCCC1CCC2CC(c3ccc(C(=O)Oc4ccc(OC/C=C/C)cc4)c(F)c3)CCC2C1. The third kappa shape index (κ3) is 6.62. The Morgan fingerprint density at radius 1 is 1.03 bits per heavy atom. The zero-order chi connectivity index (χ0) is 24.6. The Balaban J connectivity index is 1.33. The van der Waals surface area contributed by atoms with Crippen LogP contribution in [0.1, 0.15) is 80.1 Å². The first kappa shape index (κ1) is 25.2. The van der Waals surface area contributed by atoms with Crippen LogP contribution in [0.4, 0.5) is 4.39 Å². The second-order valence-corrected chi connectivity index (χ2v) is 10.1. The van der Waals surface area contributed by atoms with Crippen LogP contribution in [0.2, 0.25) is 0 Å². The molecule has 0 aromatic heterocycles. The summed E-state index contributed by atoms with van der Waals surface area (Å²) in [6.45, 7) is 6.27. The van der Waals surface area contributed by atoms with Crippen molar-refractivity contribution in [1.82, 2.24) is 0 Å². The summed E-state index contributed by atoms with van der Waals surface area (Å²) in [6, 6.07) is 11.8. The van der Waals surface area contributed by atoms with Gasteiger partial charge in [-0.25, -0.2) is 9.18 Å². The number of fused-ring (bicyclic) bond motifs is 1. The Morgan fingerprint density at radius 3 is 2.51 bits per heavy atom. The molecule has 2 fully saturated rings. The van der Waals surface area contributed by atoms with Crippen LogP contribution in [0, 0.1) is 23.6 Å². The molecule has 4 atom stereocenters. The van der Waals surface area contributed by atoms with E-state index in [-0.39, 0.29) is 5.56 Å². The van der Waals surface area contributed by atoms with Crippen LogP contribution in [0.5, 0.6) is 11.5 Å². The van der Waals surface area contributed by atoms with Crippen LogP contribution >= 0.6 is 0 Å². The zero-order valence-electron chi connectivity index (χ0n) is 20.8. The monoisotopic (exact) mass is 476 g/mol. The van der Waals surface area contributed by atoms with E-state index in [1.165, 1.54) is 32.1 Å². The van der Waals surface area contributed by atoms with Crippen molar-refractivity contribution in [2.45, 2.75) is 64.2 Å². The maximum atomic E-state index is 15.0. The molecule has 2 aromatic carbocycles. The van der Waals surface area contributed by atoms with Gasteiger partial charge in [-0.2, -0.15) is 0 Å². The lowest BCUT2D eigenvalue weighted by atomic mass is 9.63. The van der Waals surface area contributed by atoms with Gasteiger partial charge >= 0.3 is 5.97 Å². The number of carbonyl (C=O) groups excluding carboxylic acids is 1. The van der Waals surface area contributed by atoms with Gasteiger partial charge in [-0.3, -0.25) is 0 Å². The van der Waals surface area contributed by atoms with E-state index in [9.17, 15) is 9.18 Å². The number of esters is 1. The quantitative estimate of drug-likeness (QED) is 0.208. The predicted octanol–water partition coefficient (Wildman–Crippen LogP) is 8.27. The second kappa shape index (κ2) is 12.2. The normalized spacial score (nSPS) is 24.1. The lowest BCUT2D eigenvalue weighted by Gasteiger charge is -2.42. The van der Waals surface area contributed by atoms with E-state index in [2.05, 4.69) is 6.58 Å². The number of halogens is 1. The standard InChI is InChI=1S/C31H37FO3/c1-3-5-7-22-8-9-24-20-25(11-10-23(24)19-22)26-12-17-29(30(32)21-26)31(33)35-28-15-13-27(14-16-28)34-18-6-4-2/h3-4,6,12-17,21-25H,1,5,7-11,18-20H2,2H3/b6-4+. The first-order valence-corrected chi connectivity index (χ1v) is 13.0. The average molecular weight is 477 g/mol. The Hall–Kier alpha value is -2.88. The molecule has 4 unspecified atom stereocenters. The highest BCUT2D eigenvalue weighted by Crippen LogP contribution is 2.48. The minimum atomic E-state index is -0.682. The van der Waals surface area contributed by atoms with Gasteiger partial charge < -0.3 is 9.47 Å². The number of allylic oxidation sites excluding steroid dienone is 2. The second-order valence-electron chi connectivity index (χ2n) is 10.1. The van der Waals surface area contributed by atoms with Gasteiger partial charge in [0.2, 0.25) is 0 Å². The minimum absolute atomic E-state index is 0.0291. The smallest absolute Gasteiger partial charge is 0.346 e. The van der Waals surface area contributed by atoms with Gasteiger partial charge in [0.05, 0.1) is 5.56 Å². The van der Waals surface area contributed by atoms with Crippen molar-refractivity contribution >= 4 is 5.97 Å². The van der Waals surface area contributed by atoms with Crippen molar-refractivity contribution in [1.29, 1.82) is 0 Å². The summed E-state index contributed by atoms with van der Waals surface area (Å²) in [7, 11) is 0. The fourth-order valence-electron chi connectivity index (χ4n) is 5.86. The van der Waals surface area contributed by atoms with Gasteiger partial charge in [0.25, 0.3) is 0 Å². The summed E-state index contributed by atoms with van der Waals surface area (Å²) in [4.78, 5) is 12.6. The molecule has 0 radical (unpaired) electrons. The molecule has 0 bridgehead atoms. The summed E-state index contributed by atoms with van der Waals surface area (Å²) < 4.78 is 25.9. The lowest BCUT2D eigenvalue weighted by Crippen LogP contribution is -2.30. The summed E-state index contributed by atoms with van der Waals surface area (Å²) in [5.41, 5.74) is 0.979. The van der Waals surface area contributed by atoms with Crippen molar-refractivity contribution in [2.24, 2.45) is 17.8 Å². The number of carbonyl (C=O) groups is 1. The molecular weight excluding hydrogens is 439 g/mol. The molecule has 4 heteroatoms. The van der Waals surface area contributed by atoms with Gasteiger partial charge in [-0.15, -0.1) is 6.58 Å². The molecule has 2 aliphatic carbocycles. The minimum Gasteiger partial charge on any atom is -0.490 e. The van der Waals surface area contributed by atoms with E-state index in [0.29, 0.717) is 24.0 Å². The summed E-state index contributed by atoms with van der Waals surface area (Å²) >= 11 is 0. The fourth-order valence-corrected chi connectivity index (χ4v) is 5.86. The van der Waals surface area contributed by atoms with Crippen LogP contribution in [-0.2, 0) is 0 Å². The maximum absolute atomic E-state index is 15.0. The third-order valence-corrected chi connectivity index (χ3v) is 7.80.